The maximum absolute atomic E-state index is 13.2. The summed E-state index contributed by atoms with van der Waals surface area (Å²) in [7, 11) is -3.38. The number of aliphatic hydroxyl groups is 1. The van der Waals surface area contributed by atoms with Gasteiger partial charge < -0.3 is 24.8 Å². The first kappa shape index (κ1) is 34.8. The van der Waals surface area contributed by atoms with Crippen LogP contribution in [0.1, 0.15) is 71.6 Å². The van der Waals surface area contributed by atoms with Crippen LogP contribution < -0.4 is 10.2 Å². The van der Waals surface area contributed by atoms with Crippen molar-refractivity contribution in [2.24, 2.45) is 0 Å². The van der Waals surface area contributed by atoms with Crippen LogP contribution in [-0.2, 0) is 25.5 Å². The first-order valence-electron chi connectivity index (χ1n) is 15.8. The number of benzene rings is 2. The Morgan fingerprint density at radius 1 is 1.04 bits per heavy atom. The molecule has 0 aliphatic carbocycles. The zero-order chi connectivity index (χ0) is 33.6. The number of alkyl halides is 3. The van der Waals surface area contributed by atoms with Crippen LogP contribution in [0.15, 0.2) is 71.8 Å². The van der Waals surface area contributed by atoms with Crippen molar-refractivity contribution in [1.82, 2.24) is 10.3 Å². The number of piperidine rings is 1. The van der Waals surface area contributed by atoms with Crippen LogP contribution in [-0.4, -0.2) is 75.3 Å². The van der Waals surface area contributed by atoms with E-state index in [1.54, 1.807) is 43.3 Å². The van der Waals surface area contributed by atoms with Crippen molar-refractivity contribution in [3.8, 4) is 0 Å². The second-order valence-corrected chi connectivity index (χ2v) is 14.2. The molecule has 1 amide bonds. The lowest BCUT2D eigenvalue weighted by Gasteiger charge is -2.41. The van der Waals surface area contributed by atoms with Gasteiger partial charge in [0, 0.05) is 31.9 Å². The van der Waals surface area contributed by atoms with Gasteiger partial charge in [-0.25, -0.2) is 13.4 Å². The monoisotopic (exact) mass is 675 g/mol. The molecule has 0 radical (unpaired) electrons. The number of aliphatic hydroxyl groups excluding tert-OH is 1. The number of nitrogens with zero attached hydrogens (tertiary/aromatic N) is 2. The number of nitrogens with one attached hydrogen (secondary N) is 1. The van der Waals surface area contributed by atoms with Gasteiger partial charge in [-0.2, -0.15) is 13.2 Å². The van der Waals surface area contributed by atoms with Crippen molar-refractivity contribution >= 4 is 21.6 Å². The molecule has 3 atom stereocenters. The quantitative estimate of drug-likeness (QED) is 0.281. The SMILES string of the molecule is CCS(=O)(=O)c1ccc([C@H](CO)NC(=O)c2ccc(N3CC(c4ccc(C(F)(F)F)cc4)CC[C@H]3COC3CCOCC3)nc2)cc1. The molecule has 1 unspecified atom stereocenters. The highest BCUT2D eigenvalue weighted by Gasteiger charge is 2.33. The molecule has 2 aliphatic heterocycles. The van der Waals surface area contributed by atoms with Crippen molar-refractivity contribution in [2.75, 3.05) is 43.6 Å². The van der Waals surface area contributed by atoms with E-state index in [1.165, 1.54) is 18.3 Å². The number of anilines is 1. The van der Waals surface area contributed by atoms with Crippen LogP contribution in [0.3, 0.4) is 0 Å². The summed E-state index contributed by atoms with van der Waals surface area (Å²) in [5, 5.41) is 12.8. The molecule has 0 bridgehead atoms. The summed E-state index contributed by atoms with van der Waals surface area (Å²) in [5.74, 6) is 0.0939. The van der Waals surface area contributed by atoms with Crippen molar-refractivity contribution < 1.29 is 41.0 Å². The lowest BCUT2D eigenvalue weighted by atomic mass is 9.87. The van der Waals surface area contributed by atoms with Crippen LogP contribution in [0.2, 0.25) is 0 Å². The Morgan fingerprint density at radius 3 is 2.34 bits per heavy atom. The predicted molar refractivity (Wildman–Crippen MR) is 170 cm³/mol. The Hall–Kier alpha value is -3.52. The highest BCUT2D eigenvalue weighted by Crippen LogP contribution is 2.35. The van der Waals surface area contributed by atoms with E-state index in [0.717, 1.165) is 43.4 Å². The Bertz CT molecular complexity index is 1580. The number of hydrogen-bond donors (Lipinski definition) is 2. The number of amides is 1. The summed E-state index contributed by atoms with van der Waals surface area (Å²) in [6.45, 7) is 3.45. The number of rotatable bonds is 11. The van der Waals surface area contributed by atoms with E-state index < -0.39 is 40.1 Å². The fourth-order valence-electron chi connectivity index (χ4n) is 6.03. The first-order chi connectivity index (χ1) is 22.5. The molecule has 2 aromatic carbocycles. The van der Waals surface area contributed by atoms with Gasteiger partial charge in [-0.05, 0) is 73.2 Å². The molecule has 3 aromatic rings. The normalized spacial score (nSPS) is 20.1. The molecule has 1 aromatic heterocycles. The van der Waals surface area contributed by atoms with Gasteiger partial charge in [0.1, 0.15) is 5.82 Å². The van der Waals surface area contributed by atoms with E-state index in [9.17, 15) is 31.5 Å². The van der Waals surface area contributed by atoms with Crippen LogP contribution in [0.5, 0.6) is 0 Å². The predicted octanol–water partition coefficient (Wildman–Crippen LogP) is 5.31. The van der Waals surface area contributed by atoms with Gasteiger partial charge in [0.2, 0.25) is 0 Å². The molecule has 254 valence electrons. The van der Waals surface area contributed by atoms with Crippen LogP contribution in [0.4, 0.5) is 19.0 Å². The molecule has 47 heavy (non-hydrogen) atoms. The van der Waals surface area contributed by atoms with E-state index >= 15 is 0 Å². The van der Waals surface area contributed by atoms with Gasteiger partial charge >= 0.3 is 6.18 Å². The van der Waals surface area contributed by atoms with Crippen molar-refractivity contribution in [3.05, 3.63) is 89.1 Å². The number of pyridine rings is 1. The van der Waals surface area contributed by atoms with Crippen LogP contribution in [0, 0.1) is 0 Å². The van der Waals surface area contributed by atoms with Gasteiger partial charge in [-0.15, -0.1) is 0 Å². The lowest BCUT2D eigenvalue weighted by molar-refractivity contribution is -0.137. The zero-order valence-electron chi connectivity index (χ0n) is 26.2. The Kier molecular flexibility index (Phi) is 11.2. The van der Waals surface area contributed by atoms with Crippen LogP contribution in [0.25, 0.3) is 0 Å². The van der Waals surface area contributed by atoms with Gasteiger partial charge in [0.15, 0.2) is 9.84 Å². The third-order valence-corrected chi connectivity index (χ3v) is 10.7. The Balaban J connectivity index is 1.30. The molecule has 9 nitrogen and oxygen atoms in total. The maximum atomic E-state index is 13.2. The average Bonchev–Trinajstić information content (AvgIpc) is 3.10. The summed E-state index contributed by atoms with van der Waals surface area (Å²) < 4.78 is 75.5. The van der Waals surface area contributed by atoms with Crippen LogP contribution >= 0.6 is 0 Å². The number of ether oxygens (including phenoxy) is 2. The fraction of sp³-hybridized carbons (Fsp3) is 0.471. The molecule has 13 heteroatoms. The van der Waals surface area contributed by atoms with Crippen molar-refractivity contribution in [1.29, 1.82) is 0 Å². The summed E-state index contributed by atoms with van der Waals surface area (Å²) in [4.78, 5) is 20.0. The Morgan fingerprint density at radius 2 is 1.74 bits per heavy atom. The van der Waals surface area contributed by atoms with E-state index in [0.29, 0.717) is 37.7 Å². The van der Waals surface area contributed by atoms with Gasteiger partial charge in [-0.1, -0.05) is 31.2 Å². The van der Waals surface area contributed by atoms with Crippen molar-refractivity contribution in [2.45, 2.75) is 67.8 Å². The smallest absolute Gasteiger partial charge is 0.394 e. The van der Waals surface area contributed by atoms with Gasteiger partial charge in [-0.3, -0.25) is 4.79 Å². The summed E-state index contributed by atoms with van der Waals surface area (Å²) >= 11 is 0. The zero-order valence-corrected chi connectivity index (χ0v) is 27.0. The molecular formula is C34H40F3N3O6S. The van der Waals surface area contributed by atoms with Gasteiger partial charge in [0.25, 0.3) is 5.91 Å². The van der Waals surface area contributed by atoms with Crippen molar-refractivity contribution in [3.63, 3.8) is 0 Å². The molecule has 5 rings (SSSR count). The van der Waals surface area contributed by atoms with Gasteiger partial charge in [0.05, 0.1) is 53.2 Å². The second kappa shape index (κ2) is 15.1. The van der Waals surface area contributed by atoms with E-state index in [4.69, 9.17) is 9.47 Å². The molecule has 2 aliphatic rings. The average molecular weight is 676 g/mol. The number of sulfone groups is 1. The molecule has 2 N–H and O–H groups in total. The number of halogens is 3. The minimum Gasteiger partial charge on any atom is -0.394 e. The molecule has 2 fully saturated rings. The fourth-order valence-corrected chi connectivity index (χ4v) is 6.91. The largest absolute Gasteiger partial charge is 0.416 e. The number of aromatic nitrogens is 1. The molecule has 3 heterocycles. The highest BCUT2D eigenvalue weighted by molar-refractivity contribution is 7.91. The van der Waals surface area contributed by atoms with E-state index in [2.05, 4.69) is 15.2 Å². The lowest BCUT2D eigenvalue weighted by Crippen LogP contribution is -2.46. The van der Waals surface area contributed by atoms with E-state index in [-0.39, 0.29) is 34.3 Å². The first-order valence-corrected chi connectivity index (χ1v) is 17.5. The third-order valence-electron chi connectivity index (χ3n) is 8.92. The highest BCUT2D eigenvalue weighted by atomic mass is 32.2. The second-order valence-electron chi connectivity index (χ2n) is 11.9. The topological polar surface area (TPSA) is 118 Å². The summed E-state index contributed by atoms with van der Waals surface area (Å²) in [6, 6.07) is 14.0. The third kappa shape index (κ3) is 8.69. The van der Waals surface area contributed by atoms with E-state index in [1.807, 2.05) is 0 Å². The number of carbonyl (C=O) groups is 1. The maximum Gasteiger partial charge on any atom is 0.416 e. The summed E-state index contributed by atoms with van der Waals surface area (Å²) in [5.41, 5.74) is 0.953. The minimum atomic E-state index is -4.40. The molecular weight excluding hydrogens is 635 g/mol. The number of carbonyl (C=O) groups excluding carboxylic acids is 1. The summed E-state index contributed by atoms with van der Waals surface area (Å²) in [6.07, 6.45) is 0.312. The number of hydrogen-bond acceptors (Lipinski definition) is 8. The molecule has 0 spiro atoms. The minimum absolute atomic E-state index is 0.0195. The standard InChI is InChI=1S/C34H40F3N3O6S/c1-2-47(43,44)30-12-6-24(7-13-30)31(21-41)39-33(42)25-8-14-32(38-19-25)40-20-26(23-3-9-27(10-4-23)34(35,36)37)5-11-28(40)22-46-29-15-17-45-18-16-29/h3-4,6-10,12-14,19,26,28-29,31,41H,2,5,11,15-18,20-22H2,1H3,(H,39,42)/t26?,28-,31-/m0/s1. The molecule has 0 saturated carbocycles. The molecule has 2 saturated heterocycles. The Labute approximate surface area is 273 Å².